The summed E-state index contributed by atoms with van der Waals surface area (Å²) in [6.07, 6.45) is 1.75. The summed E-state index contributed by atoms with van der Waals surface area (Å²) in [5.41, 5.74) is 3.33. The predicted molar refractivity (Wildman–Crippen MR) is 93.0 cm³/mol. The van der Waals surface area contributed by atoms with Gasteiger partial charge in [-0.05, 0) is 65.6 Å². The molecule has 1 heterocycles. The van der Waals surface area contributed by atoms with Gasteiger partial charge in [-0.1, -0.05) is 22.9 Å². The molecule has 21 heavy (non-hydrogen) atoms. The second-order valence-corrected chi connectivity index (χ2v) is 6.58. The summed E-state index contributed by atoms with van der Waals surface area (Å²) in [6.45, 7) is 7.82. The minimum atomic E-state index is 0.639. The molecule has 2 aromatic rings. The summed E-state index contributed by atoms with van der Waals surface area (Å²) in [5.74, 6) is 1.45. The van der Waals surface area contributed by atoms with Crippen LogP contribution >= 0.6 is 31.9 Å². The third-order valence-electron chi connectivity index (χ3n) is 3.08. The third-order valence-corrected chi connectivity index (χ3v) is 4.77. The van der Waals surface area contributed by atoms with Crippen LogP contribution in [0.5, 0.6) is 11.6 Å². The molecular weight excluding hydrogens is 396 g/mol. The van der Waals surface area contributed by atoms with Gasteiger partial charge in [-0.3, -0.25) is 0 Å². The molecule has 0 amide bonds. The van der Waals surface area contributed by atoms with Crippen LogP contribution in [0.25, 0.3) is 0 Å². The summed E-state index contributed by atoms with van der Waals surface area (Å²) in [7, 11) is 0. The van der Waals surface area contributed by atoms with Crippen molar-refractivity contribution in [3.05, 3.63) is 50.0 Å². The van der Waals surface area contributed by atoms with E-state index in [4.69, 9.17) is 4.74 Å². The first kappa shape index (κ1) is 16.5. The lowest BCUT2D eigenvalue weighted by Crippen LogP contribution is -2.13. The topological polar surface area (TPSA) is 34.2 Å². The van der Waals surface area contributed by atoms with Gasteiger partial charge in [-0.2, -0.15) is 0 Å². The standard InChI is InChI=1S/C16H18Br2N2O/c1-4-19-8-12-7-13(17)9-20-16(12)21-14-5-10(2)15(18)11(3)6-14/h5-7,9,19H,4,8H2,1-3H3. The molecule has 112 valence electrons. The van der Waals surface area contributed by atoms with E-state index >= 15 is 0 Å². The van der Waals surface area contributed by atoms with Crippen LogP contribution in [0.3, 0.4) is 0 Å². The largest absolute Gasteiger partial charge is 0.439 e. The Morgan fingerprint density at radius 3 is 2.43 bits per heavy atom. The zero-order valence-electron chi connectivity index (χ0n) is 12.3. The van der Waals surface area contributed by atoms with Crippen LogP contribution in [0.2, 0.25) is 0 Å². The van der Waals surface area contributed by atoms with Crippen molar-refractivity contribution in [2.24, 2.45) is 0 Å². The average Bonchev–Trinajstić information content (AvgIpc) is 2.45. The maximum atomic E-state index is 5.99. The van der Waals surface area contributed by atoms with Gasteiger partial charge in [0.05, 0.1) is 0 Å². The van der Waals surface area contributed by atoms with Crippen LogP contribution < -0.4 is 10.1 Å². The molecule has 1 aromatic heterocycles. The van der Waals surface area contributed by atoms with E-state index < -0.39 is 0 Å². The van der Waals surface area contributed by atoms with Crippen molar-refractivity contribution in [3.8, 4) is 11.6 Å². The third kappa shape index (κ3) is 4.28. The first-order valence-electron chi connectivity index (χ1n) is 6.81. The fraction of sp³-hybridized carbons (Fsp3) is 0.312. The first-order chi connectivity index (χ1) is 10.0. The van der Waals surface area contributed by atoms with Crippen molar-refractivity contribution in [1.82, 2.24) is 10.3 Å². The SMILES string of the molecule is CCNCc1cc(Br)cnc1Oc1cc(C)c(Br)c(C)c1. The number of nitrogens with one attached hydrogen (secondary N) is 1. The Kier molecular flexibility index (Phi) is 5.79. The molecule has 0 atom stereocenters. The Balaban J connectivity index is 2.30. The molecule has 0 saturated heterocycles. The van der Waals surface area contributed by atoms with Crippen LogP contribution in [0, 0.1) is 13.8 Å². The molecule has 5 heteroatoms. The Hall–Kier alpha value is -0.910. The molecule has 0 aliphatic carbocycles. The van der Waals surface area contributed by atoms with Crippen LogP contribution in [0.1, 0.15) is 23.6 Å². The summed E-state index contributed by atoms with van der Waals surface area (Å²) >= 11 is 7.02. The van der Waals surface area contributed by atoms with Gasteiger partial charge in [-0.15, -0.1) is 0 Å². The summed E-state index contributed by atoms with van der Waals surface area (Å²) in [4.78, 5) is 4.39. The Bertz CT molecular complexity index is 621. The van der Waals surface area contributed by atoms with E-state index in [1.165, 1.54) is 0 Å². The number of halogens is 2. The van der Waals surface area contributed by atoms with Gasteiger partial charge in [0.2, 0.25) is 5.88 Å². The second kappa shape index (κ2) is 7.38. The van der Waals surface area contributed by atoms with Crippen LogP contribution in [-0.4, -0.2) is 11.5 Å². The van der Waals surface area contributed by atoms with Crippen LogP contribution in [0.15, 0.2) is 33.3 Å². The number of hydrogen-bond acceptors (Lipinski definition) is 3. The smallest absolute Gasteiger partial charge is 0.223 e. The summed E-state index contributed by atoms with van der Waals surface area (Å²) < 4.78 is 8.05. The summed E-state index contributed by atoms with van der Waals surface area (Å²) in [6, 6.07) is 6.05. The van der Waals surface area contributed by atoms with Crippen molar-refractivity contribution in [2.45, 2.75) is 27.3 Å². The molecule has 0 fully saturated rings. The maximum absolute atomic E-state index is 5.99. The molecule has 0 aliphatic rings. The summed E-state index contributed by atoms with van der Waals surface area (Å²) in [5, 5.41) is 3.30. The number of nitrogens with zero attached hydrogens (tertiary/aromatic N) is 1. The van der Waals surface area contributed by atoms with E-state index in [-0.39, 0.29) is 0 Å². The second-order valence-electron chi connectivity index (χ2n) is 4.87. The van der Waals surface area contributed by atoms with Crippen LogP contribution in [0.4, 0.5) is 0 Å². The minimum absolute atomic E-state index is 0.639. The highest BCUT2D eigenvalue weighted by molar-refractivity contribution is 9.10. The molecular formula is C16H18Br2N2O. The Labute approximate surface area is 142 Å². The number of aryl methyl sites for hydroxylation is 2. The Morgan fingerprint density at radius 1 is 1.14 bits per heavy atom. The van der Waals surface area contributed by atoms with E-state index in [1.807, 2.05) is 18.2 Å². The highest BCUT2D eigenvalue weighted by Gasteiger charge is 2.09. The highest BCUT2D eigenvalue weighted by atomic mass is 79.9. The quantitative estimate of drug-likeness (QED) is 0.737. The van der Waals surface area contributed by atoms with Gasteiger partial charge >= 0.3 is 0 Å². The normalized spacial score (nSPS) is 10.7. The van der Waals surface area contributed by atoms with E-state index in [1.54, 1.807) is 6.20 Å². The number of pyridine rings is 1. The first-order valence-corrected chi connectivity index (χ1v) is 8.39. The van der Waals surface area contributed by atoms with Gasteiger partial charge in [-0.25, -0.2) is 4.98 Å². The molecule has 0 bridgehead atoms. The van der Waals surface area contributed by atoms with Crippen molar-refractivity contribution < 1.29 is 4.74 Å². The number of hydrogen-bond donors (Lipinski definition) is 1. The number of benzene rings is 1. The van der Waals surface area contributed by atoms with Crippen molar-refractivity contribution >= 4 is 31.9 Å². The molecule has 2 rings (SSSR count). The Morgan fingerprint density at radius 2 is 1.81 bits per heavy atom. The zero-order valence-corrected chi connectivity index (χ0v) is 15.5. The van der Waals surface area contributed by atoms with E-state index in [0.717, 1.165) is 44.5 Å². The lowest BCUT2D eigenvalue weighted by Gasteiger charge is -2.13. The lowest BCUT2D eigenvalue weighted by molar-refractivity contribution is 0.452. The zero-order chi connectivity index (χ0) is 15.4. The van der Waals surface area contributed by atoms with E-state index in [2.05, 4.69) is 62.9 Å². The van der Waals surface area contributed by atoms with Crippen molar-refractivity contribution in [2.75, 3.05) is 6.54 Å². The van der Waals surface area contributed by atoms with Crippen LogP contribution in [-0.2, 0) is 6.54 Å². The molecule has 0 aliphatic heterocycles. The van der Waals surface area contributed by atoms with Gasteiger partial charge in [0.1, 0.15) is 5.75 Å². The van der Waals surface area contributed by atoms with Gasteiger partial charge in [0.25, 0.3) is 0 Å². The monoisotopic (exact) mass is 412 g/mol. The lowest BCUT2D eigenvalue weighted by atomic mass is 10.1. The van der Waals surface area contributed by atoms with E-state index in [0.29, 0.717) is 5.88 Å². The number of rotatable bonds is 5. The molecule has 0 radical (unpaired) electrons. The fourth-order valence-electron chi connectivity index (χ4n) is 2.02. The van der Waals surface area contributed by atoms with Gasteiger partial charge in [0.15, 0.2) is 0 Å². The van der Waals surface area contributed by atoms with Gasteiger partial charge < -0.3 is 10.1 Å². The molecule has 0 saturated carbocycles. The predicted octanol–water partition coefficient (Wildman–Crippen LogP) is 5.13. The number of aromatic nitrogens is 1. The molecule has 1 aromatic carbocycles. The van der Waals surface area contributed by atoms with Crippen molar-refractivity contribution in [3.63, 3.8) is 0 Å². The molecule has 0 unspecified atom stereocenters. The molecule has 1 N–H and O–H groups in total. The highest BCUT2D eigenvalue weighted by Crippen LogP contribution is 2.30. The number of ether oxygens (including phenoxy) is 1. The minimum Gasteiger partial charge on any atom is -0.439 e. The van der Waals surface area contributed by atoms with Gasteiger partial charge in [0, 0.05) is 27.3 Å². The fourth-order valence-corrected chi connectivity index (χ4v) is 2.63. The average molecular weight is 414 g/mol. The molecule has 0 spiro atoms. The molecule has 3 nitrogen and oxygen atoms in total. The van der Waals surface area contributed by atoms with Crippen molar-refractivity contribution in [1.29, 1.82) is 0 Å². The maximum Gasteiger partial charge on any atom is 0.223 e. The van der Waals surface area contributed by atoms with E-state index in [9.17, 15) is 0 Å².